The topological polar surface area (TPSA) is 46.2 Å². The molecule has 0 aromatic heterocycles. The molecule has 3 N–H and O–H groups in total. The van der Waals surface area contributed by atoms with Crippen molar-refractivity contribution in [2.75, 3.05) is 0 Å². The van der Waals surface area contributed by atoms with Crippen LogP contribution in [0, 0.1) is 5.92 Å². The lowest BCUT2D eigenvalue weighted by Gasteiger charge is -2.23. The van der Waals surface area contributed by atoms with Crippen molar-refractivity contribution in [2.45, 2.75) is 52.2 Å². The quantitative estimate of drug-likeness (QED) is 0.823. The molecular formula is C15H25NO. The van der Waals surface area contributed by atoms with E-state index in [1.165, 1.54) is 5.56 Å². The Labute approximate surface area is 105 Å². The maximum atomic E-state index is 10.1. The van der Waals surface area contributed by atoms with Gasteiger partial charge in [0.1, 0.15) is 0 Å². The highest BCUT2D eigenvalue weighted by Gasteiger charge is 2.19. The molecule has 0 bridgehead atoms. The molecule has 0 radical (unpaired) electrons. The van der Waals surface area contributed by atoms with Crippen LogP contribution in [0.3, 0.4) is 0 Å². The number of aliphatic hydroxyl groups is 1. The van der Waals surface area contributed by atoms with Crippen molar-refractivity contribution in [3.05, 3.63) is 35.4 Å². The summed E-state index contributed by atoms with van der Waals surface area (Å²) in [6, 6.07) is 7.98. The van der Waals surface area contributed by atoms with Crippen molar-refractivity contribution in [2.24, 2.45) is 11.7 Å². The summed E-state index contributed by atoms with van der Waals surface area (Å²) in [6.07, 6.45) is 0.564. The summed E-state index contributed by atoms with van der Waals surface area (Å²) >= 11 is 0. The zero-order valence-electron chi connectivity index (χ0n) is 11.4. The van der Waals surface area contributed by atoms with Gasteiger partial charge in [0.05, 0.1) is 6.10 Å². The van der Waals surface area contributed by atoms with Crippen LogP contribution < -0.4 is 5.73 Å². The third-order valence-electron chi connectivity index (χ3n) is 3.59. The summed E-state index contributed by atoms with van der Waals surface area (Å²) in [6.45, 7) is 8.45. The van der Waals surface area contributed by atoms with Crippen LogP contribution in [-0.4, -0.2) is 11.1 Å². The second-order valence-electron chi connectivity index (χ2n) is 5.24. The van der Waals surface area contributed by atoms with Gasteiger partial charge in [-0.3, -0.25) is 0 Å². The average molecular weight is 235 g/mol. The molecule has 0 fully saturated rings. The van der Waals surface area contributed by atoms with Crippen LogP contribution in [-0.2, 0) is 0 Å². The number of hydrogen-bond donors (Lipinski definition) is 2. The SMILES string of the molecule is CCC(C)c1ccc(C(O)C(N)C(C)C)cc1. The molecule has 0 heterocycles. The zero-order valence-corrected chi connectivity index (χ0v) is 11.4. The molecule has 1 aromatic carbocycles. The first kappa shape index (κ1) is 14.2. The number of hydrogen-bond acceptors (Lipinski definition) is 2. The van der Waals surface area contributed by atoms with Crippen molar-refractivity contribution >= 4 is 0 Å². The van der Waals surface area contributed by atoms with Gasteiger partial charge in [0.15, 0.2) is 0 Å². The molecule has 0 aliphatic rings. The number of benzene rings is 1. The van der Waals surface area contributed by atoms with Gasteiger partial charge in [-0.05, 0) is 29.4 Å². The molecule has 1 rings (SSSR count). The summed E-state index contributed by atoms with van der Waals surface area (Å²) in [5.41, 5.74) is 8.20. The molecular weight excluding hydrogens is 210 g/mol. The first-order chi connectivity index (χ1) is 7.97. The minimum Gasteiger partial charge on any atom is -0.387 e. The van der Waals surface area contributed by atoms with Gasteiger partial charge < -0.3 is 10.8 Å². The van der Waals surface area contributed by atoms with E-state index in [0.717, 1.165) is 12.0 Å². The molecule has 0 amide bonds. The second kappa shape index (κ2) is 6.18. The Hall–Kier alpha value is -0.860. The molecule has 1 aromatic rings. The molecule has 96 valence electrons. The van der Waals surface area contributed by atoms with Gasteiger partial charge >= 0.3 is 0 Å². The molecule has 3 atom stereocenters. The highest BCUT2D eigenvalue weighted by molar-refractivity contribution is 5.27. The predicted octanol–water partition coefficient (Wildman–Crippen LogP) is 3.22. The first-order valence-corrected chi connectivity index (χ1v) is 6.50. The van der Waals surface area contributed by atoms with Crippen LogP contribution in [0.25, 0.3) is 0 Å². The van der Waals surface area contributed by atoms with Crippen LogP contribution >= 0.6 is 0 Å². The Morgan fingerprint density at radius 2 is 1.53 bits per heavy atom. The molecule has 0 spiro atoms. The van der Waals surface area contributed by atoms with Crippen molar-refractivity contribution in [3.63, 3.8) is 0 Å². The largest absolute Gasteiger partial charge is 0.387 e. The van der Waals surface area contributed by atoms with Crippen LogP contribution in [0.15, 0.2) is 24.3 Å². The maximum absolute atomic E-state index is 10.1. The van der Waals surface area contributed by atoms with E-state index in [-0.39, 0.29) is 12.0 Å². The van der Waals surface area contributed by atoms with Crippen LogP contribution in [0.4, 0.5) is 0 Å². The van der Waals surface area contributed by atoms with E-state index in [0.29, 0.717) is 5.92 Å². The summed E-state index contributed by atoms with van der Waals surface area (Å²) < 4.78 is 0. The minimum absolute atomic E-state index is 0.204. The summed E-state index contributed by atoms with van der Waals surface area (Å²) in [7, 11) is 0. The second-order valence-corrected chi connectivity index (χ2v) is 5.24. The van der Waals surface area contributed by atoms with Crippen molar-refractivity contribution in [3.8, 4) is 0 Å². The summed E-state index contributed by atoms with van der Waals surface area (Å²) in [4.78, 5) is 0. The van der Waals surface area contributed by atoms with E-state index in [4.69, 9.17) is 5.73 Å². The van der Waals surface area contributed by atoms with Gasteiger partial charge in [0.2, 0.25) is 0 Å². The highest BCUT2D eigenvalue weighted by Crippen LogP contribution is 2.24. The fraction of sp³-hybridized carbons (Fsp3) is 0.600. The van der Waals surface area contributed by atoms with Gasteiger partial charge in [0.25, 0.3) is 0 Å². The Morgan fingerprint density at radius 3 is 1.94 bits per heavy atom. The van der Waals surface area contributed by atoms with Crippen molar-refractivity contribution in [1.82, 2.24) is 0 Å². The van der Waals surface area contributed by atoms with E-state index in [9.17, 15) is 5.11 Å². The number of aliphatic hydroxyl groups excluding tert-OH is 1. The van der Waals surface area contributed by atoms with E-state index < -0.39 is 6.10 Å². The Balaban J connectivity index is 2.80. The Kier molecular flexibility index (Phi) is 5.16. The first-order valence-electron chi connectivity index (χ1n) is 6.50. The normalized spacial score (nSPS) is 16.9. The lowest BCUT2D eigenvalue weighted by molar-refractivity contribution is 0.126. The predicted molar refractivity (Wildman–Crippen MR) is 72.9 cm³/mol. The molecule has 0 saturated heterocycles. The standard InChI is InChI=1S/C15H25NO/c1-5-11(4)12-6-8-13(9-7-12)15(17)14(16)10(2)3/h6-11,14-15,17H,5,16H2,1-4H3. The van der Waals surface area contributed by atoms with Crippen LogP contribution in [0.5, 0.6) is 0 Å². The smallest absolute Gasteiger partial charge is 0.0943 e. The average Bonchev–Trinajstić information content (AvgIpc) is 2.36. The molecule has 0 aliphatic carbocycles. The Morgan fingerprint density at radius 1 is 1.06 bits per heavy atom. The van der Waals surface area contributed by atoms with Crippen molar-refractivity contribution in [1.29, 1.82) is 0 Å². The molecule has 0 saturated carbocycles. The van der Waals surface area contributed by atoms with Gasteiger partial charge in [-0.2, -0.15) is 0 Å². The zero-order chi connectivity index (χ0) is 13.0. The van der Waals surface area contributed by atoms with Gasteiger partial charge in [0, 0.05) is 6.04 Å². The van der Waals surface area contributed by atoms with Crippen LogP contribution in [0.2, 0.25) is 0 Å². The monoisotopic (exact) mass is 235 g/mol. The number of rotatable bonds is 5. The van der Waals surface area contributed by atoms with E-state index >= 15 is 0 Å². The minimum atomic E-state index is -0.569. The summed E-state index contributed by atoms with van der Waals surface area (Å²) in [5.74, 6) is 0.846. The van der Waals surface area contributed by atoms with Crippen LogP contribution in [0.1, 0.15) is 57.3 Å². The fourth-order valence-electron chi connectivity index (χ4n) is 1.84. The molecule has 0 aliphatic heterocycles. The molecule has 2 heteroatoms. The van der Waals surface area contributed by atoms with E-state index in [1.54, 1.807) is 0 Å². The lowest BCUT2D eigenvalue weighted by atomic mass is 9.92. The van der Waals surface area contributed by atoms with Crippen molar-refractivity contribution < 1.29 is 5.11 Å². The third-order valence-corrected chi connectivity index (χ3v) is 3.59. The van der Waals surface area contributed by atoms with Gasteiger partial charge in [-0.25, -0.2) is 0 Å². The summed E-state index contributed by atoms with van der Waals surface area (Å²) in [5, 5.41) is 10.1. The fourth-order valence-corrected chi connectivity index (χ4v) is 1.84. The molecule has 17 heavy (non-hydrogen) atoms. The maximum Gasteiger partial charge on any atom is 0.0943 e. The highest BCUT2D eigenvalue weighted by atomic mass is 16.3. The molecule has 2 nitrogen and oxygen atoms in total. The molecule has 3 unspecified atom stereocenters. The van der Waals surface area contributed by atoms with Gasteiger partial charge in [-0.15, -0.1) is 0 Å². The van der Waals surface area contributed by atoms with E-state index in [1.807, 2.05) is 26.0 Å². The lowest BCUT2D eigenvalue weighted by Crippen LogP contribution is -2.33. The van der Waals surface area contributed by atoms with E-state index in [2.05, 4.69) is 26.0 Å². The van der Waals surface area contributed by atoms with Gasteiger partial charge in [-0.1, -0.05) is 52.0 Å². The Bertz CT molecular complexity index is 331. The third kappa shape index (κ3) is 3.55. The number of nitrogens with two attached hydrogens (primary N) is 1.